The van der Waals surface area contributed by atoms with Crippen LogP contribution in [0, 0.1) is 0 Å². The molecular formula is C14H22N8O2. The number of carbonyl (C=O) groups is 1. The van der Waals surface area contributed by atoms with Crippen LogP contribution in [-0.4, -0.2) is 38.0 Å². The molecular weight excluding hydrogens is 312 g/mol. The third kappa shape index (κ3) is 5.38. The number of amides is 1. The van der Waals surface area contributed by atoms with Gasteiger partial charge in [-0.05, 0) is 27.2 Å². The topological polar surface area (TPSA) is 136 Å². The Hall–Kier alpha value is -2.91. The molecule has 2 aromatic heterocycles. The maximum atomic E-state index is 11.5. The number of H-pyrrole nitrogens is 1. The summed E-state index contributed by atoms with van der Waals surface area (Å²) in [6.07, 6.45) is 4.98. The Kier molecular flexibility index (Phi) is 5.51. The molecule has 0 aliphatic heterocycles. The highest BCUT2D eigenvalue weighted by Crippen LogP contribution is 2.22. The summed E-state index contributed by atoms with van der Waals surface area (Å²) < 4.78 is 6.76. The molecule has 4 N–H and O–H groups in total. The molecule has 0 aliphatic carbocycles. The van der Waals surface area contributed by atoms with Gasteiger partial charge in [0, 0.05) is 25.5 Å². The second kappa shape index (κ2) is 7.57. The van der Waals surface area contributed by atoms with Crippen molar-refractivity contribution in [1.29, 1.82) is 0 Å². The number of aryl methyl sites for hydroxylation is 1. The number of nitrogens with two attached hydrogens (primary N) is 1. The zero-order chi connectivity index (χ0) is 17.6. The van der Waals surface area contributed by atoms with Gasteiger partial charge in [-0.2, -0.15) is 5.10 Å². The van der Waals surface area contributed by atoms with E-state index in [4.69, 9.17) is 10.5 Å². The first-order valence-electron chi connectivity index (χ1n) is 7.54. The highest BCUT2D eigenvalue weighted by molar-refractivity contribution is 5.67. The van der Waals surface area contributed by atoms with Crippen molar-refractivity contribution in [3.05, 3.63) is 18.6 Å². The third-order valence-electron chi connectivity index (χ3n) is 2.81. The van der Waals surface area contributed by atoms with Gasteiger partial charge in [0.05, 0.1) is 6.20 Å². The number of hydrogen-bond acceptors (Lipinski definition) is 7. The Morgan fingerprint density at radius 1 is 1.46 bits per heavy atom. The van der Waals surface area contributed by atoms with E-state index in [2.05, 4.69) is 30.6 Å². The molecule has 0 aliphatic rings. The molecule has 2 heterocycles. The Morgan fingerprint density at radius 3 is 2.92 bits per heavy atom. The van der Waals surface area contributed by atoms with Crippen LogP contribution < -0.4 is 11.1 Å². The van der Waals surface area contributed by atoms with Crippen LogP contribution in [-0.2, 0) is 11.3 Å². The van der Waals surface area contributed by atoms with E-state index in [-0.39, 0.29) is 0 Å². The molecule has 0 bridgehead atoms. The van der Waals surface area contributed by atoms with Crippen LogP contribution in [0.15, 0.2) is 28.8 Å². The van der Waals surface area contributed by atoms with Crippen LogP contribution in [0.5, 0.6) is 0 Å². The minimum Gasteiger partial charge on any atom is -0.444 e. The fourth-order valence-corrected chi connectivity index (χ4v) is 1.79. The summed E-state index contributed by atoms with van der Waals surface area (Å²) in [4.78, 5) is 18.3. The Labute approximate surface area is 139 Å². The fraction of sp³-hybridized carbons (Fsp3) is 0.500. The van der Waals surface area contributed by atoms with Crippen molar-refractivity contribution in [1.82, 2.24) is 25.1 Å². The number of carbonyl (C=O) groups excluding carboxylic acids is 1. The Bertz CT molecular complexity index is 684. The second-order valence-electron chi connectivity index (χ2n) is 6.03. The number of nitrogens with zero attached hydrogens (tertiary/aromatic N) is 5. The van der Waals surface area contributed by atoms with Crippen LogP contribution in [0.1, 0.15) is 27.2 Å². The largest absolute Gasteiger partial charge is 0.444 e. The first kappa shape index (κ1) is 17.4. The average Bonchev–Trinajstić information content (AvgIpc) is 3.10. The minimum atomic E-state index is -0.510. The highest BCUT2D eigenvalue weighted by Gasteiger charge is 2.15. The molecule has 0 saturated carbocycles. The lowest BCUT2D eigenvalue weighted by molar-refractivity contribution is 0.0526. The molecule has 0 aromatic carbocycles. The number of aromatic nitrogens is 4. The molecule has 0 spiro atoms. The van der Waals surface area contributed by atoms with E-state index < -0.39 is 11.7 Å². The average molecular weight is 334 g/mol. The number of hydrogen-bond donors (Lipinski definition) is 3. The Balaban J connectivity index is 1.79. The van der Waals surface area contributed by atoms with Gasteiger partial charge < -0.3 is 20.8 Å². The minimum absolute atomic E-state index is 0.392. The normalized spacial score (nSPS) is 11.8. The molecule has 130 valence electrons. The quantitative estimate of drug-likeness (QED) is 0.551. The van der Waals surface area contributed by atoms with Gasteiger partial charge in [-0.15, -0.1) is 10.2 Å². The summed E-state index contributed by atoms with van der Waals surface area (Å²) in [5, 5.41) is 14.8. The maximum Gasteiger partial charge on any atom is 0.407 e. The number of ether oxygens (including phenoxy) is 1. The van der Waals surface area contributed by atoms with E-state index in [1.807, 2.05) is 20.8 Å². The van der Waals surface area contributed by atoms with E-state index in [0.29, 0.717) is 37.0 Å². The summed E-state index contributed by atoms with van der Waals surface area (Å²) in [5.41, 5.74) is 5.93. The predicted molar refractivity (Wildman–Crippen MR) is 88.3 cm³/mol. The van der Waals surface area contributed by atoms with E-state index in [9.17, 15) is 4.79 Å². The smallest absolute Gasteiger partial charge is 0.407 e. The molecule has 24 heavy (non-hydrogen) atoms. The number of anilines is 1. The van der Waals surface area contributed by atoms with E-state index in [1.165, 1.54) is 6.20 Å². The van der Waals surface area contributed by atoms with E-state index >= 15 is 0 Å². The monoisotopic (exact) mass is 334 g/mol. The molecule has 0 saturated heterocycles. The zero-order valence-corrected chi connectivity index (χ0v) is 14.0. The molecule has 0 fully saturated rings. The van der Waals surface area contributed by atoms with Gasteiger partial charge >= 0.3 is 6.09 Å². The van der Waals surface area contributed by atoms with Gasteiger partial charge in [0.1, 0.15) is 17.1 Å². The zero-order valence-electron chi connectivity index (χ0n) is 14.0. The number of alkyl carbamates (subject to hydrolysis) is 1. The van der Waals surface area contributed by atoms with Gasteiger partial charge in [0.2, 0.25) is 5.95 Å². The lowest BCUT2D eigenvalue weighted by Crippen LogP contribution is -2.33. The lowest BCUT2D eigenvalue weighted by atomic mass is 10.2. The van der Waals surface area contributed by atoms with Gasteiger partial charge in [-0.25, -0.2) is 14.5 Å². The van der Waals surface area contributed by atoms with Crippen LogP contribution in [0.25, 0.3) is 0 Å². The van der Waals surface area contributed by atoms with E-state index in [1.54, 1.807) is 17.1 Å². The number of rotatable bonds is 6. The summed E-state index contributed by atoms with van der Waals surface area (Å²) >= 11 is 0. The molecule has 10 nitrogen and oxygen atoms in total. The van der Waals surface area contributed by atoms with Gasteiger partial charge in [0.15, 0.2) is 0 Å². The number of aromatic amines is 1. The van der Waals surface area contributed by atoms with Gasteiger partial charge in [-0.3, -0.25) is 0 Å². The van der Waals surface area contributed by atoms with Crippen LogP contribution in [0.2, 0.25) is 0 Å². The van der Waals surface area contributed by atoms with Crippen LogP contribution >= 0.6 is 0 Å². The number of azo groups is 1. The molecule has 0 unspecified atom stereocenters. The van der Waals surface area contributed by atoms with Gasteiger partial charge in [-0.1, -0.05) is 0 Å². The summed E-state index contributed by atoms with van der Waals surface area (Å²) in [6, 6.07) is 0. The number of nitrogens with one attached hydrogen (secondary N) is 2. The van der Waals surface area contributed by atoms with Gasteiger partial charge in [0.25, 0.3) is 0 Å². The third-order valence-corrected chi connectivity index (χ3v) is 2.81. The highest BCUT2D eigenvalue weighted by atomic mass is 16.6. The fourth-order valence-electron chi connectivity index (χ4n) is 1.79. The standard InChI is InChI=1S/C14H22N8O2/c1-14(2,3)24-13(23)18-5-4-8-22-11(15)10(9-19-22)20-21-12-16-6-7-17-12/h6-7,9H,4-5,8,15H2,1-3H3,(H,16,17)(H,18,23)/b21-20+. The summed E-state index contributed by atoms with van der Waals surface area (Å²) in [5.74, 6) is 0.797. The van der Waals surface area contributed by atoms with E-state index in [0.717, 1.165) is 0 Å². The number of imidazole rings is 1. The molecule has 0 atom stereocenters. The lowest BCUT2D eigenvalue weighted by Gasteiger charge is -2.19. The first-order chi connectivity index (χ1) is 11.3. The van der Waals surface area contributed by atoms with Crippen molar-refractivity contribution in [2.75, 3.05) is 12.3 Å². The van der Waals surface area contributed by atoms with Crippen molar-refractivity contribution in [3.63, 3.8) is 0 Å². The van der Waals surface area contributed by atoms with Crippen LogP contribution in [0.3, 0.4) is 0 Å². The number of nitrogen functional groups attached to an aromatic ring is 1. The van der Waals surface area contributed by atoms with Crippen molar-refractivity contribution >= 4 is 23.5 Å². The molecule has 2 aromatic rings. The SMILES string of the molecule is CC(C)(C)OC(=O)NCCCn1ncc(/N=N/c2ncc[nH]2)c1N. The first-order valence-corrected chi connectivity index (χ1v) is 7.54. The van der Waals surface area contributed by atoms with Crippen molar-refractivity contribution in [2.24, 2.45) is 10.2 Å². The second-order valence-corrected chi connectivity index (χ2v) is 6.03. The molecule has 2 rings (SSSR count). The predicted octanol–water partition coefficient (Wildman–Crippen LogP) is 2.52. The van der Waals surface area contributed by atoms with Crippen molar-refractivity contribution < 1.29 is 9.53 Å². The van der Waals surface area contributed by atoms with Crippen molar-refractivity contribution in [3.8, 4) is 0 Å². The Morgan fingerprint density at radius 2 is 2.25 bits per heavy atom. The maximum absolute atomic E-state index is 11.5. The summed E-state index contributed by atoms with van der Waals surface area (Å²) in [6.45, 7) is 6.44. The molecule has 1 amide bonds. The van der Waals surface area contributed by atoms with Crippen molar-refractivity contribution in [2.45, 2.75) is 39.3 Å². The summed E-state index contributed by atoms with van der Waals surface area (Å²) in [7, 11) is 0. The molecule has 0 radical (unpaired) electrons. The van der Waals surface area contributed by atoms with Crippen LogP contribution in [0.4, 0.5) is 22.2 Å². The molecule has 10 heteroatoms.